The maximum atomic E-state index is 8.83. The molecule has 0 aromatic carbocycles. The zero-order valence-electron chi connectivity index (χ0n) is 8.76. The molecule has 2 N–H and O–H groups in total. The zero-order valence-corrected chi connectivity index (χ0v) is 8.76. The Kier molecular flexibility index (Phi) is 5.40. The minimum atomic E-state index is 0.338. The maximum Gasteiger partial charge on any atom is 0.0434 e. The first kappa shape index (κ1) is 11.0. The first-order valence-corrected chi connectivity index (χ1v) is 5.71. The van der Waals surface area contributed by atoms with Crippen LogP contribution < -0.4 is 5.32 Å². The van der Waals surface area contributed by atoms with E-state index in [4.69, 9.17) is 5.11 Å². The Morgan fingerprint density at radius 3 is 2.62 bits per heavy atom. The number of rotatable bonds is 6. The van der Waals surface area contributed by atoms with Gasteiger partial charge in [-0.3, -0.25) is 0 Å². The predicted molar refractivity (Wildman–Crippen MR) is 55.7 cm³/mol. The van der Waals surface area contributed by atoms with Crippen LogP contribution in [0.2, 0.25) is 0 Å². The van der Waals surface area contributed by atoms with Crippen LogP contribution >= 0.6 is 0 Å². The number of aliphatic hydroxyl groups excluding tert-OH is 1. The first-order valence-electron chi connectivity index (χ1n) is 5.71. The highest BCUT2D eigenvalue weighted by molar-refractivity contribution is 4.74. The van der Waals surface area contributed by atoms with Crippen LogP contribution in [0.15, 0.2) is 0 Å². The van der Waals surface area contributed by atoms with Crippen molar-refractivity contribution in [3.8, 4) is 0 Å². The lowest BCUT2D eigenvalue weighted by atomic mass is 10.0. The molecule has 13 heavy (non-hydrogen) atoms. The predicted octanol–water partition coefficient (Wildman–Crippen LogP) is 1.93. The van der Waals surface area contributed by atoms with Crippen molar-refractivity contribution < 1.29 is 5.11 Å². The Labute approximate surface area is 81.7 Å². The molecule has 0 heterocycles. The van der Waals surface area contributed by atoms with E-state index in [1.54, 1.807) is 0 Å². The summed E-state index contributed by atoms with van der Waals surface area (Å²) in [7, 11) is 0. The van der Waals surface area contributed by atoms with Gasteiger partial charge in [0.05, 0.1) is 0 Å². The van der Waals surface area contributed by atoms with Gasteiger partial charge in [0, 0.05) is 12.6 Å². The average molecular weight is 185 g/mol. The Hall–Kier alpha value is -0.0800. The summed E-state index contributed by atoms with van der Waals surface area (Å²) in [6.07, 6.45) is 7.64. The fourth-order valence-corrected chi connectivity index (χ4v) is 2.10. The molecule has 0 aromatic heterocycles. The summed E-state index contributed by atoms with van der Waals surface area (Å²) in [5, 5.41) is 12.4. The third kappa shape index (κ3) is 4.10. The quantitative estimate of drug-likeness (QED) is 0.662. The van der Waals surface area contributed by atoms with Gasteiger partial charge in [-0.15, -0.1) is 0 Å². The zero-order chi connectivity index (χ0) is 9.52. The van der Waals surface area contributed by atoms with Crippen LogP contribution in [0, 0.1) is 5.92 Å². The maximum absolute atomic E-state index is 8.83. The Morgan fingerprint density at radius 2 is 2.08 bits per heavy atom. The molecule has 1 saturated carbocycles. The molecule has 0 aromatic rings. The van der Waals surface area contributed by atoms with Gasteiger partial charge in [-0.2, -0.15) is 0 Å². The molecule has 1 unspecified atom stereocenters. The van der Waals surface area contributed by atoms with Crippen molar-refractivity contribution in [2.45, 2.75) is 51.5 Å². The molecular weight excluding hydrogens is 162 g/mol. The smallest absolute Gasteiger partial charge is 0.0434 e. The fraction of sp³-hybridized carbons (Fsp3) is 1.00. The molecule has 0 spiro atoms. The molecule has 2 heteroatoms. The Morgan fingerprint density at radius 1 is 1.38 bits per heavy atom. The second-order valence-corrected chi connectivity index (χ2v) is 4.18. The summed E-state index contributed by atoms with van der Waals surface area (Å²) in [5.41, 5.74) is 0. The molecular formula is C11H23NO. The topological polar surface area (TPSA) is 32.3 Å². The molecule has 2 nitrogen and oxygen atoms in total. The van der Waals surface area contributed by atoms with Crippen LogP contribution in [-0.4, -0.2) is 24.3 Å². The molecule has 1 rings (SSSR count). The van der Waals surface area contributed by atoms with E-state index in [1.807, 2.05) is 0 Å². The van der Waals surface area contributed by atoms with Gasteiger partial charge >= 0.3 is 0 Å². The van der Waals surface area contributed by atoms with Crippen LogP contribution in [-0.2, 0) is 0 Å². The number of nitrogens with one attached hydrogen (secondary N) is 1. The summed E-state index contributed by atoms with van der Waals surface area (Å²) in [4.78, 5) is 0. The third-order valence-electron chi connectivity index (χ3n) is 3.17. The molecule has 1 aliphatic carbocycles. The van der Waals surface area contributed by atoms with E-state index in [0.29, 0.717) is 12.5 Å². The van der Waals surface area contributed by atoms with Gasteiger partial charge in [0.25, 0.3) is 0 Å². The van der Waals surface area contributed by atoms with Crippen molar-refractivity contribution >= 4 is 0 Å². The van der Waals surface area contributed by atoms with Crippen LogP contribution in [0.1, 0.15) is 45.4 Å². The molecule has 0 amide bonds. The largest absolute Gasteiger partial charge is 0.396 e. The van der Waals surface area contributed by atoms with Crippen LogP contribution in [0.25, 0.3) is 0 Å². The van der Waals surface area contributed by atoms with E-state index in [1.165, 1.54) is 32.1 Å². The lowest BCUT2D eigenvalue weighted by molar-refractivity contribution is 0.248. The second kappa shape index (κ2) is 6.39. The van der Waals surface area contributed by atoms with Gasteiger partial charge in [-0.1, -0.05) is 26.2 Å². The normalized spacial score (nSPS) is 20.8. The minimum absolute atomic E-state index is 0.338. The van der Waals surface area contributed by atoms with Crippen molar-refractivity contribution in [1.82, 2.24) is 5.32 Å². The first-order chi connectivity index (χ1) is 6.36. The van der Waals surface area contributed by atoms with E-state index in [9.17, 15) is 0 Å². The summed E-state index contributed by atoms with van der Waals surface area (Å²) >= 11 is 0. The minimum Gasteiger partial charge on any atom is -0.396 e. The van der Waals surface area contributed by atoms with Crippen LogP contribution in [0.3, 0.4) is 0 Å². The highest BCUT2D eigenvalue weighted by Crippen LogP contribution is 2.18. The van der Waals surface area contributed by atoms with Gasteiger partial charge in [0.15, 0.2) is 0 Å². The SMILES string of the molecule is CCC(CCO)CNC1CCCC1. The highest BCUT2D eigenvalue weighted by Gasteiger charge is 2.15. The molecule has 1 aliphatic rings. The lowest BCUT2D eigenvalue weighted by Gasteiger charge is -2.18. The Bertz CT molecular complexity index is 121. The van der Waals surface area contributed by atoms with Gasteiger partial charge in [-0.25, -0.2) is 0 Å². The number of aliphatic hydroxyl groups is 1. The van der Waals surface area contributed by atoms with E-state index >= 15 is 0 Å². The van der Waals surface area contributed by atoms with E-state index < -0.39 is 0 Å². The number of hydrogen-bond acceptors (Lipinski definition) is 2. The van der Waals surface area contributed by atoms with Crippen LogP contribution in [0.4, 0.5) is 0 Å². The van der Waals surface area contributed by atoms with E-state index in [0.717, 1.165) is 19.0 Å². The summed E-state index contributed by atoms with van der Waals surface area (Å²) < 4.78 is 0. The van der Waals surface area contributed by atoms with Crippen molar-refractivity contribution in [3.05, 3.63) is 0 Å². The molecule has 0 bridgehead atoms. The lowest BCUT2D eigenvalue weighted by Crippen LogP contribution is -2.31. The molecule has 0 radical (unpaired) electrons. The molecule has 0 aliphatic heterocycles. The van der Waals surface area contributed by atoms with Crippen molar-refractivity contribution in [2.75, 3.05) is 13.2 Å². The summed E-state index contributed by atoms with van der Waals surface area (Å²) in [5.74, 6) is 0.672. The van der Waals surface area contributed by atoms with E-state index in [2.05, 4.69) is 12.2 Å². The third-order valence-corrected chi connectivity index (χ3v) is 3.17. The van der Waals surface area contributed by atoms with Gasteiger partial charge < -0.3 is 10.4 Å². The Balaban J connectivity index is 2.07. The van der Waals surface area contributed by atoms with Crippen molar-refractivity contribution in [1.29, 1.82) is 0 Å². The van der Waals surface area contributed by atoms with Crippen molar-refractivity contribution in [3.63, 3.8) is 0 Å². The highest BCUT2D eigenvalue weighted by atomic mass is 16.3. The summed E-state index contributed by atoms with van der Waals surface area (Å²) in [6, 6.07) is 0.771. The van der Waals surface area contributed by atoms with Crippen LogP contribution in [0.5, 0.6) is 0 Å². The van der Waals surface area contributed by atoms with Crippen molar-refractivity contribution in [2.24, 2.45) is 5.92 Å². The average Bonchev–Trinajstić information content (AvgIpc) is 2.64. The monoisotopic (exact) mass is 185 g/mol. The molecule has 1 atom stereocenters. The van der Waals surface area contributed by atoms with Gasteiger partial charge in [-0.05, 0) is 31.7 Å². The molecule has 78 valence electrons. The van der Waals surface area contributed by atoms with Gasteiger partial charge in [0.1, 0.15) is 0 Å². The summed E-state index contributed by atoms with van der Waals surface area (Å²) in [6.45, 7) is 3.64. The number of hydrogen-bond donors (Lipinski definition) is 2. The molecule has 0 saturated heterocycles. The standard InChI is InChI=1S/C11H23NO/c1-2-10(7-8-13)9-12-11-5-3-4-6-11/h10-13H,2-9H2,1H3. The van der Waals surface area contributed by atoms with E-state index in [-0.39, 0.29) is 0 Å². The second-order valence-electron chi connectivity index (χ2n) is 4.18. The molecule has 1 fully saturated rings. The fourth-order valence-electron chi connectivity index (χ4n) is 2.10. The van der Waals surface area contributed by atoms with Gasteiger partial charge in [0.2, 0.25) is 0 Å².